The molecular formula is C56H44O6. The second-order valence-corrected chi connectivity index (χ2v) is 15.3. The van der Waals surface area contributed by atoms with Gasteiger partial charge >= 0.3 is 0 Å². The molecule has 0 spiro atoms. The number of benzene rings is 10. The van der Waals surface area contributed by atoms with Crippen LogP contribution in [0.2, 0.25) is 0 Å². The molecule has 6 nitrogen and oxygen atoms in total. The van der Waals surface area contributed by atoms with Gasteiger partial charge in [-0.05, 0) is 89.3 Å². The molecule has 6 heteroatoms. The van der Waals surface area contributed by atoms with Crippen LogP contribution < -0.4 is 18.9 Å². The van der Waals surface area contributed by atoms with Gasteiger partial charge in [0.25, 0.3) is 0 Å². The van der Waals surface area contributed by atoms with Crippen molar-refractivity contribution in [1.29, 1.82) is 0 Å². The summed E-state index contributed by atoms with van der Waals surface area (Å²) in [6.45, 7) is 0.843. The van der Waals surface area contributed by atoms with Crippen molar-refractivity contribution >= 4 is 53.9 Å². The first-order valence-electron chi connectivity index (χ1n) is 21.0. The summed E-state index contributed by atoms with van der Waals surface area (Å²) < 4.78 is 26.2. The van der Waals surface area contributed by atoms with Crippen LogP contribution in [0.4, 0.5) is 0 Å². The fourth-order valence-electron chi connectivity index (χ4n) is 8.82. The van der Waals surface area contributed by atoms with E-state index in [-0.39, 0.29) is 26.4 Å². The molecule has 0 aliphatic carbocycles. The Morgan fingerprint density at radius 1 is 0.274 bits per heavy atom. The van der Waals surface area contributed by atoms with Crippen molar-refractivity contribution < 1.29 is 29.2 Å². The summed E-state index contributed by atoms with van der Waals surface area (Å²) in [6.07, 6.45) is 0. The Bertz CT molecular complexity index is 3030. The number of rotatable bonds is 14. The Kier molecular flexibility index (Phi) is 10.8. The second kappa shape index (κ2) is 17.3. The van der Waals surface area contributed by atoms with Gasteiger partial charge < -0.3 is 29.2 Å². The van der Waals surface area contributed by atoms with Crippen molar-refractivity contribution in [2.45, 2.75) is 13.2 Å². The van der Waals surface area contributed by atoms with Crippen LogP contribution in [0.3, 0.4) is 0 Å². The lowest BCUT2D eigenvalue weighted by molar-refractivity contribution is 0.202. The number of aliphatic hydroxyl groups is 2. The van der Waals surface area contributed by atoms with Crippen molar-refractivity contribution in [3.8, 4) is 45.3 Å². The summed E-state index contributed by atoms with van der Waals surface area (Å²) in [5.74, 6) is 2.87. The highest BCUT2D eigenvalue weighted by Crippen LogP contribution is 2.47. The van der Waals surface area contributed by atoms with E-state index >= 15 is 0 Å². The van der Waals surface area contributed by atoms with E-state index in [0.717, 1.165) is 98.7 Å². The molecule has 0 saturated heterocycles. The van der Waals surface area contributed by atoms with Crippen LogP contribution in [-0.4, -0.2) is 36.6 Å². The number of hydrogen-bond donors (Lipinski definition) is 2. The minimum Gasteiger partial charge on any atom is -0.491 e. The van der Waals surface area contributed by atoms with Gasteiger partial charge in [0.1, 0.15) is 49.4 Å². The zero-order chi connectivity index (χ0) is 41.8. The lowest BCUT2D eigenvalue weighted by atomic mass is 9.92. The van der Waals surface area contributed by atoms with Gasteiger partial charge in [-0.2, -0.15) is 0 Å². The smallest absolute Gasteiger partial charge is 0.128 e. The lowest BCUT2D eigenvalue weighted by Gasteiger charge is -2.21. The number of hydrogen-bond acceptors (Lipinski definition) is 6. The molecule has 0 atom stereocenters. The number of ether oxygens (including phenoxy) is 4. The third-order valence-electron chi connectivity index (χ3n) is 11.6. The van der Waals surface area contributed by atoms with Gasteiger partial charge in [-0.1, -0.05) is 158 Å². The van der Waals surface area contributed by atoms with E-state index in [2.05, 4.69) is 133 Å². The maximum absolute atomic E-state index is 9.74. The van der Waals surface area contributed by atoms with Crippen molar-refractivity contribution in [2.24, 2.45) is 0 Å². The zero-order valence-corrected chi connectivity index (χ0v) is 34.1. The molecule has 0 aromatic heterocycles. The van der Waals surface area contributed by atoms with Crippen LogP contribution >= 0.6 is 0 Å². The van der Waals surface area contributed by atoms with Crippen LogP contribution in [-0.2, 0) is 13.2 Å². The summed E-state index contributed by atoms with van der Waals surface area (Å²) >= 11 is 0. The molecule has 0 heterocycles. The lowest BCUT2D eigenvalue weighted by Crippen LogP contribution is -2.05. The van der Waals surface area contributed by atoms with Crippen molar-refractivity contribution in [3.63, 3.8) is 0 Å². The first-order chi connectivity index (χ1) is 30.7. The Hall–Kier alpha value is -7.38. The molecule has 10 aromatic rings. The normalized spacial score (nSPS) is 11.5. The van der Waals surface area contributed by atoms with E-state index < -0.39 is 0 Å². The minimum atomic E-state index is -0.0891. The largest absolute Gasteiger partial charge is 0.491 e. The maximum Gasteiger partial charge on any atom is 0.128 e. The van der Waals surface area contributed by atoms with Crippen LogP contribution in [0, 0.1) is 0 Å². The van der Waals surface area contributed by atoms with Gasteiger partial charge in [0.15, 0.2) is 0 Å². The molecular weight excluding hydrogens is 769 g/mol. The van der Waals surface area contributed by atoms with Gasteiger partial charge in [-0.3, -0.25) is 0 Å². The SMILES string of the molecule is OCCOc1ccc2ccccc2c1-c1c(OCc2ccc(COc3ccc4ccccc4c3-c3c(OCCO)ccc4ccccc34)c3ccccc23)ccc2ccccc12. The highest BCUT2D eigenvalue weighted by atomic mass is 16.5. The molecule has 10 rings (SSSR count). The summed E-state index contributed by atoms with van der Waals surface area (Å²) in [6, 6.07) is 62.4. The van der Waals surface area contributed by atoms with E-state index in [1.165, 1.54) is 0 Å². The molecule has 0 fully saturated rings. The summed E-state index contributed by atoms with van der Waals surface area (Å²) in [5, 5.41) is 30.2. The molecule has 0 aliphatic heterocycles. The van der Waals surface area contributed by atoms with Crippen LogP contribution in [0.25, 0.3) is 76.1 Å². The van der Waals surface area contributed by atoms with Gasteiger partial charge in [0.05, 0.1) is 13.2 Å². The second-order valence-electron chi connectivity index (χ2n) is 15.3. The standard InChI is InChI=1S/C56H44O6/c57-31-33-59-49-27-23-37-11-1-5-17-45(37)53(49)55-47-19-7-3-13-39(47)25-29-51(55)61-35-41-21-22-42(44-16-10-9-15-43(41)44)36-62-52-30-26-40-14-4-8-20-48(40)56(52)54-46-18-6-2-12-38(46)24-28-50(54)60-34-32-58/h1-30,57-58H,31-36H2. The van der Waals surface area contributed by atoms with Crippen molar-refractivity contribution in [3.05, 3.63) is 193 Å². The van der Waals surface area contributed by atoms with Crippen LogP contribution in [0.1, 0.15) is 11.1 Å². The Morgan fingerprint density at radius 2 is 0.548 bits per heavy atom. The first kappa shape index (κ1) is 38.8. The number of aliphatic hydroxyl groups excluding tert-OH is 2. The predicted octanol–water partition coefficient (Wildman–Crippen LogP) is 12.7. The fraction of sp³-hybridized carbons (Fsp3) is 0.107. The van der Waals surface area contributed by atoms with Gasteiger partial charge in [-0.25, -0.2) is 0 Å². The average Bonchev–Trinajstić information content (AvgIpc) is 3.33. The molecule has 0 saturated carbocycles. The van der Waals surface area contributed by atoms with Gasteiger partial charge in [0.2, 0.25) is 0 Å². The third-order valence-corrected chi connectivity index (χ3v) is 11.6. The Labute approximate surface area is 359 Å². The average molecular weight is 813 g/mol. The topological polar surface area (TPSA) is 77.4 Å². The molecule has 2 N–H and O–H groups in total. The molecule has 304 valence electrons. The van der Waals surface area contributed by atoms with Crippen molar-refractivity contribution in [2.75, 3.05) is 26.4 Å². The monoisotopic (exact) mass is 812 g/mol. The summed E-state index contributed by atoms with van der Waals surface area (Å²) in [5.41, 5.74) is 5.86. The van der Waals surface area contributed by atoms with Crippen LogP contribution in [0.15, 0.2) is 182 Å². The quantitative estimate of drug-likeness (QED) is 0.114. The minimum absolute atomic E-state index is 0.0891. The predicted molar refractivity (Wildman–Crippen MR) is 252 cm³/mol. The number of fused-ring (bicyclic) bond motifs is 5. The molecule has 0 unspecified atom stereocenters. The maximum atomic E-state index is 9.74. The highest BCUT2D eigenvalue weighted by molar-refractivity contribution is 6.11. The summed E-state index contributed by atoms with van der Waals surface area (Å²) in [4.78, 5) is 0. The molecule has 0 aliphatic rings. The van der Waals surface area contributed by atoms with E-state index in [0.29, 0.717) is 24.7 Å². The van der Waals surface area contributed by atoms with E-state index in [1.54, 1.807) is 0 Å². The first-order valence-corrected chi connectivity index (χ1v) is 21.0. The van der Waals surface area contributed by atoms with E-state index in [4.69, 9.17) is 18.9 Å². The third kappa shape index (κ3) is 7.30. The van der Waals surface area contributed by atoms with Gasteiger partial charge in [-0.15, -0.1) is 0 Å². The molecule has 0 radical (unpaired) electrons. The molecule has 62 heavy (non-hydrogen) atoms. The Morgan fingerprint density at radius 3 is 0.855 bits per heavy atom. The van der Waals surface area contributed by atoms with Crippen molar-refractivity contribution in [1.82, 2.24) is 0 Å². The summed E-state index contributed by atoms with van der Waals surface area (Å²) in [7, 11) is 0. The highest BCUT2D eigenvalue weighted by Gasteiger charge is 2.22. The zero-order valence-electron chi connectivity index (χ0n) is 34.1. The molecule has 0 amide bonds. The molecule has 10 aromatic carbocycles. The van der Waals surface area contributed by atoms with Crippen LogP contribution in [0.5, 0.6) is 23.0 Å². The van der Waals surface area contributed by atoms with Gasteiger partial charge in [0, 0.05) is 22.3 Å². The molecule has 0 bridgehead atoms. The fourth-order valence-corrected chi connectivity index (χ4v) is 8.82. The van der Waals surface area contributed by atoms with E-state index in [9.17, 15) is 10.2 Å². The van der Waals surface area contributed by atoms with E-state index in [1.807, 2.05) is 48.5 Å². The Balaban J connectivity index is 1.02.